The van der Waals surface area contributed by atoms with Gasteiger partial charge in [0.25, 0.3) is 0 Å². The number of hydrogen-bond donors (Lipinski definition) is 3. The number of carbonyl (C=O) groups excluding carboxylic acids is 1. The van der Waals surface area contributed by atoms with Crippen molar-refractivity contribution < 1.29 is 14.7 Å². The summed E-state index contributed by atoms with van der Waals surface area (Å²) in [6, 6.07) is 5.01. The number of amides is 2. The zero-order valence-electron chi connectivity index (χ0n) is 9.87. The van der Waals surface area contributed by atoms with E-state index < -0.39 is 17.5 Å². The van der Waals surface area contributed by atoms with Crippen LogP contribution in [0.1, 0.15) is 19.3 Å². The molecule has 0 spiro atoms. The molecule has 0 atom stereocenters. The van der Waals surface area contributed by atoms with Crippen LogP contribution in [-0.4, -0.2) is 22.6 Å². The van der Waals surface area contributed by atoms with Crippen LogP contribution in [0.4, 0.5) is 10.5 Å². The summed E-state index contributed by atoms with van der Waals surface area (Å²) in [7, 11) is 0. The molecule has 0 heterocycles. The summed E-state index contributed by atoms with van der Waals surface area (Å²) in [5, 5.41) is 14.4. The van der Waals surface area contributed by atoms with E-state index in [0.717, 1.165) is 14.5 Å². The number of nitrogens with one attached hydrogen (secondary N) is 2. The number of carboxylic acids is 1. The highest BCUT2D eigenvalue weighted by atomic mass is 127. The molecule has 1 saturated carbocycles. The summed E-state index contributed by atoms with van der Waals surface area (Å²) in [5.74, 6) is -0.974. The lowest BCUT2D eigenvalue weighted by atomic mass is 9.77. The number of aliphatic carboxylic acids is 1. The van der Waals surface area contributed by atoms with Crippen molar-refractivity contribution in [1.29, 1.82) is 0 Å². The van der Waals surface area contributed by atoms with E-state index in [4.69, 9.17) is 5.11 Å². The van der Waals surface area contributed by atoms with E-state index in [1.807, 2.05) is 12.1 Å². The third-order valence-corrected chi connectivity index (χ3v) is 4.58. The van der Waals surface area contributed by atoms with Gasteiger partial charge in [0.05, 0.1) is 5.69 Å². The third-order valence-electron chi connectivity index (χ3n) is 3.15. The molecule has 1 aliphatic carbocycles. The van der Waals surface area contributed by atoms with Gasteiger partial charge in [-0.1, -0.05) is 15.9 Å². The van der Waals surface area contributed by atoms with Crippen LogP contribution in [0, 0.1) is 3.57 Å². The van der Waals surface area contributed by atoms with Crippen LogP contribution in [0.5, 0.6) is 0 Å². The first-order valence-electron chi connectivity index (χ1n) is 5.70. The smallest absolute Gasteiger partial charge is 0.329 e. The van der Waals surface area contributed by atoms with Gasteiger partial charge in [-0.25, -0.2) is 9.59 Å². The largest absolute Gasteiger partial charge is 0.480 e. The second-order valence-electron chi connectivity index (χ2n) is 4.44. The molecule has 0 unspecified atom stereocenters. The second kappa shape index (κ2) is 5.66. The molecule has 19 heavy (non-hydrogen) atoms. The Kier molecular flexibility index (Phi) is 4.34. The Labute approximate surface area is 132 Å². The quantitative estimate of drug-likeness (QED) is 0.634. The van der Waals surface area contributed by atoms with Crippen LogP contribution < -0.4 is 10.6 Å². The molecular weight excluding hydrogens is 427 g/mol. The Hall–Kier alpha value is -0.830. The van der Waals surface area contributed by atoms with Gasteiger partial charge in [-0.2, -0.15) is 0 Å². The van der Waals surface area contributed by atoms with Gasteiger partial charge in [0, 0.05) is 8.04 Å². The lowest BCUT2D eigenvalue weighted by molar-refractivity contribution is -0.148. The minimum Gasteiger partial charge on any atom is -0.480 e. The number of anilines is 1. The first kappa shape index (κ1) is 14.6. The molecule has 0 radical (unpaired) electrons. The number of rotatable bonds is 3. The third kappa shape index (κ3) is 3.19. The zero-order valence-corrected chi connectivity index (χ0v) is 13.6. The molecule has 3 N–H and O–H groups in total. The standard InChI is InChI=1S/C12H12BrIN2O3/c13-7-2-3-8(14)9(6-7)15-11(19)16-12(10(17)18)4-1-5-12/h2-3,6H,1,4-5H2,(H,17,18)(H2,15,16,19). The van der Waals surface area contributed by atoms with Crippen molar-refractivity contribution in [2.75, 3.05) is 5.32 Å². The van der Waals surface area contributed by atoms with Crippen LogP contribution >= 0.6 is 38.5 Å². The summed E-state index contributed by atoms with van der Waals surface area (Å²) in [5.41, 5.74) is -0.450. The van der Waals surface area contributed by atoms with E-state index >= 15 is 0 Å². The average molecular weight is 439 g/mol. The van der Waals surface area contributed by atoms with Crippen LogP contribution in [0.25, 0.3) is 0 Å². The highest BCUT2D eigenvalue weighted by Crippen LogP contribution is 2.32. The van der Waals surface area contributed by atoms with Gasteiger partial charge in [-0.3, -0.25) is 0 Å². The normalized spacial score (nSPS) is 16.3. The fourth-order valence-electron chi connectivity index (χ4n) is 1.89. The average Bonchev–Trinajstić information content (AvgIpc) is 2.28. The highest BCUT2D eigenvalue weighted by molar-refractivity contribution is 14.1. The number of hydrogen-bond acceptors (Lipinski definition) is 2. The summed E-state index contributed by atoms with van der Waals surface area (Å²) >= 11 is 5.43. The maximum atomic E-state index is 11.9. The molecule has 7 heteroatoms. The van der Waals surface area contributed by atoms with Crippen molar-refractivity contribution in [3.8, 4) is 0 Å². The predicted molar refractivity (Wildman–Crippen MR) is 83.2 cm³/mol. The maximum absolute atomic E-state index is 11.9. The summed E-state index contributed by atoms with van der Waals surface area (Å²) in [4.78, 5) is 23.0. The molecule has 1 fully saturated rings. The van der Waals surface area contributed by atoms with Crippen LogP contribution in [0.15, 0.2) is 22.7 Å². The fraction of sp³-hybridized carbons (Fsp3) is 0.333. The van der Waals surface area contributed by atoms with E-state index in [2.05, 4.69) is 49.2 Å². The Morgan fingerprint density at radius 1 is 1.37 bits per heavy atom. The lowest BCUT2D eigenvalue weighted by Crippen LogP contribution is -2.60. The van der Waals surface area contributed by atoms with Crippen molar-refractivity contribution in [1.82, 2.24) is 5.32 Å². The maximum Gasteiger partial charge on any atom is 0.329 e. The minimum atomic E-state index is -1.10. The zero-order chi connectivity index (χ0) is 14.0. The Morgan fingerprint density at radius 3 is 2.58 bits per heavy atom. The van der Waals surface area contributed by atoms with E-state index in [-0.39, 0.29) is 0 Å². The Morgan fingerprint density at radius 2 is 2.05 bits per heavy atom. The SMILES string of the molecule is O=C(Nc1cc(Br)ccc1I)NC1(C(=O)O)CCC1. The van der Waals surface area contributed by atoms with Gasteiger partial charge >= 0.3 is 12.0 Å². The molecule has 0 aromatic heterocycles. The fourth-order valence-corrected chi connectivity index (χ4v) is 2.72. The molecule has 102 valence electrons. The number of halogens is 2. The Balaban J connectivity index is 2.05. The molecule has 2 amide bonds. The van der Waals surface area contributed by atoms with Crippen molar-refractivity contribution in [3.63, 3.8) is 0 Å². The molecule has 2 rings (SSSR count). The Bertz CT molecular complexity index is 532. The van der Waals surface area contributed by atoms with E-state index in [0.29, 0.717) is 18.5 Å². The minimum absolute atomic E-state index is 0.478. The molecule has 1 aromatic carbocycles. The van der Waals surface area contributed by atoms with E-state index in [1.54, 1.807) is 6.07 Å². The van der Waals surface area contributed by atoms with Gasteiger partial charge in [-0.15, -0.1) is 0 Å². The van der Waals surface area contributed by atoms with Crippen molar-refractivity contribution >= 4 is 56.2 Å². The number of benzene rings is 1. The van der Waals surface area contributed by atoms with E-state index in [9.17, 15) is 9.59 Å². The molecule has 0 aliphatic heterocycles. The highest BCUT2D eigenvalue weighted by Gasteiger charge is 2.45. The van der Waals surface area contributed by atoms with Crippen molar-refractivity contribution in [3.05, 3.63) is 26.2 Å². The molecule has 5 nitrogen and oxygen atoms in total. The van der Waals surface area contributed by atoms with E-state index in [1.165, 1.54) is 0 Å². The molecule has 0 saturated heterocycles. The molecule has 1 aliphatic rings. The predicted octanol–water partition coefficient (Wildman–Crippen LogP) is 3.18. The van der Waals surface area contributed by atoms with Crippen LogP contribution in [0.3, 0.4) is 0 Å². The lowest BCUT2D eigenvalue weighted by Gasteiger charge is -2.38. The second-order valence-corrected chi connectivity index (χ2v) is 6.52. The topological polar surface area (TPSA) is 78.4 Å². The first-order valence-corrected chi connectivity index (χ1v) is 7.58. The van der Waals surface area contributed by atoms with Crippen LogP contribution in [-0.2, 0) is 4.79 Å². The molecule has 1 aromatic rings. The van der Waals surface area contributed by atoms with Crippen molar-refractivity contribution in [2.24, 2.45) is 0 Å². The molecular formula is C12H12BrIN2O3. The van der Waals surface area contributed by atoms with Gasteiger partial charge in [0.2, 0.25) is 0 Å². The first-order chi connectivity index (χ1) is 8.93. The monoisotopic (exact) mass is 438 g/mol. The van der Waals surface area contributed by atoms with Gasteiger partial charge < -0.3 is 15.7 Å². The van der Waals surface area contributed by atoms with Crippen LogP contribution in [0.2, 0.25) is 0 Å². The molecule has 0 bridgehead atoms. The number of carboxylic acid groups (broad SMARTS) is 1. The van der Waals surface area contributed by atoms with Gasteiger partial charge in [0.1, 0.15) is 5.54 Å². The number of urea groups is 1. The van der Waals surface area contributed by atoms with Gasteiger partial charge in [-0.05, 0) is 60.1 Å². The summed E-state index contributed by atoms with van der Waals surface area (Å²) in [6.45, 7) is 0. The summed E-state index contributed by atoms with van der Waals surface area (Å²) in [6.07, 6.45) is 1.78. The summed E-state index contributed by atoms with van der Waals surface area (Å²) < 4.78 is 1.73. The number of carbonyl (C=O) groups is 2. The van der Waals surface area contributed by atoms with Gasteiger partial charge in [0.15, 0.2) is 0 Å². The van der Waals surface area contributed by atoms with Crippen molar-refractivity contribution in [2.45, 2.75) is 24.8 Å².